The van der Waals surface area contributed by atoms with E-state index in [4.69, 9.17) is 4.74 Å². The largest absolute Gasteiger partial charge is 0.411 e. The van der Waals surface area contributed by atoms with Gasteiger partial charge in [-0.15, -0.1) is 0 Å². The summed E-state index contributed by atoms with van der Waals surface area (Å²) in [5, 5.41) is 2.58. The highest BCUT2D eigenvalue weighted by Crippen LogP contribution is 2.14. The van der Waals surface area contributed by atoms with Crippen LogP contribution in [0.3, 0.4) is 0 Å². The standard InChI is InChI=1S/C10H17BrF3NO3/c1-17-6-8(11)2-4-15-9(16)3-5-18-7-10(12,13)14/h8H,2-7H2,1H3,(H,15,16). The van der Waals surface area contributed by atoms with Crippen LogP contribution in [-0.4, -0.2) is 50.4 Å². The van der Waals surface area contributed by atoms with Crippen LogP contribution < -0.4 is 5.32 Å². The molecule has 1 amide bonds. The Balaban J connectivity index is 3.43. The zero-order valence-electron chi connectivity index (χ0n) is 10.1. The van der Waals surface area contributed by atoms with Crippen LogP contribution in [0.5, 0.6) is 0 Å². The number of hydrogen-bond acceptors (Lipinski definition) is 3. The van der Waals surface area contributed by atoms with Crippen molar-refractivity contribution in [2.24, 2.45) is 0 Å². The highest BCUT2D eigenvalue weighted by atomic mass is 79.9. The van der Waals surface area contributed by atoms with E-state index in [9.17, 15) is 18.0 Å². The van der Waals surface area contributed by atoms with Crippen molar-refractivity contribution >= 4 is 21.8 Å². The quantitative estimate of drug-likeness (QED) is 0.517. The van der Waals surface area contributed by atoms with E-state index >= 15 is 0 Å². The molecular formula is C10H17BrF3NO3. The molecule has 0 aliphatic heterocycles. The van der Waals surface area contributed by atoms with Crippen LogP contribution in [0, 0.1) is 0 Å². The fourth-order valence-electron chi connectivity index (χ4n) is 1.07. The molecule has 0 saturated carbocycles. The SMILES string of the molecule is COCC(Br)CCNC(=O)CCOCC(F)(F)F. The van der Waals surface area contributed by atoms with Crippen LogP contribution >= 0.6 is 15.9 Å². The van der Waals surface area contributed by atoms with Gasteiger partial charge in [0.2, 0.25) is 5.91 Å². The molecule has 108 valence electrons. The van der Waals surface area contributed by atoms with Crippen molar-refractivity contribution in [2.45, 2.75) is 23.8 Å². The normalized spacial score (nSPS) is 13.4. The number of nitrogens with one attached hydrogen (secondary N) is 1. The number of methoxy groups -OCH3 is 1. The lowest BCUT2D eigenvalue weighted by atomic mass is 10.3. The molecule has 8 heteroatoms. The van der Waals surface area contributed by atoms with Crippen molar-refractivity contribution in [3.05, 3.63) is 0 Å². The number of carbonyl (C=O) groups excluding carboxylic acids is 1. The van der Waals surface area contributed by atoms with Gasteiger partial charge in [0.1, 0.15) is 6.61 Å². The van der Waals surface area contributed by atoms with Crippen LogP contribution in [0.2, 0.25) is 0 Å². The molecular weight excluding hydrogens is 319 g/mol. The lowest BCUT2D eigenvalue weighted by Crippen LogP contribution is -2.28. The first-order chi connectivity index (χ1) is 8.35. The summed E-state index contributed by atoms with van der Waals surface area (Å²) in [6, 6.07) is 0. The number of alkyl halides is 4. The molecule has 0 radical (unpaired) electrons. The van der Waals surface area contributed by atoms with Gasteiger partial charge in [-0.05, 0) is 6.42 Å². The average molecular weight is 336 g/mol. The number of amides is 1. The molecule has 0 spiro atoms. The van der Waals surface area contributed by atoms with Gasteiger partial charge in [-0.2, -0.15) is 13.2 Å². The minimum absolute atomic E-state index is 0.0761. The minimum Gasteiger partial charge on any atom is -0.384 e. The smallest absolute Gasteiger partial charge is 0.384 e. The van der Waals surface area contributed by atoms with Crippen molar-refractivity contribution in [1.82, 2.24) is 5.32 Å². The van der Waals surface area contributed by atoms with Gasteiger partial charge in [0, 0.05) is 24.9 Å². The zero-order valence-corrected chi connectivity index (χ0v) is 11.6. The Morgan fingerprint density at radius 1 is 1.44 bits per heavy atom. The first-order valence-electron chi connectivity index (χ1n) is 5.39. The molecule has 0 rings (SSSR count). The fraction of sp³-hybridized carbons (Fsp3) is 0.900. The monoisotopic (exact) mass is 335 g/mol. The number of halogens is 4. The number of rotatable bonds is 9. The van der Waals surface area contributed by atoms with Crippen molar-refractivity contribution < 1.29 is 27.4 Å². The van der Waals surface area contributed by atoms with E-state index in [2.05, 4.69) is 26.0 Å². The van der Waals surface area contributed by atoms with Gasteiger partial charge in [-0.1, -0.05) is 15.9 Å². The first kappa shape index (κ1) is 17.7. The van der Waals surface area contributed by atoms with Gasteiger partial charge in [0.15, 0.2) is 0 Å². The Kier molecular flexibility index (Phi) is 9.39. The molecule has 0 heterocycles. The van der Waals surface area contributed by atoms with Crippen LogP contribution in [0.15, 0.2) is 0 Å². The van der Waals surface area contributed by atoms with Crippen molar-refractivity contribution in [1.29, 1.82) is 0 Å². The van der Waals surface area contributed by atoms with E-state index in [1.807, 2.05) is 0 Å². The van der Waals surface area contributed by atoms with E-state index < -0.39 is 12.8 Å². The summed E-state index contributed by atoms with van der Waals surface area (Å²) in [5.41, 5.74) is 0. The van der Waals surface area contributed by atoms with Gasteiger partial charge in [0.05, 0.1) is 13.2 Å². The molecule has 0 saturated heterocycles. The molecule has 0 aromatic carbocycles. The molecule has 0 aliphatic rings. The van der Waals surface area contributed by atoms with E-state index in [-0.39, 0.29) is 23.8 Å². The summed E-state index contributed by atoms with van der Waals surface area (Å²) in [7, 11) is 1.57. The van der Waals surface area contributed by atoms with Crippen molar-refractivity contribution in [2.75, 3.05) is 33.5 Å². The molecule has 1 unspecified atom stereocenters. The molecule has 1 N–H and O–H groups in total. The summed E-state index contributed by atoms with van der Waals surface area (Å²) in [6.07, 6.45) is -3.74. The lowest BCUT2D eigenvalue weighted by molar-refractivity contribution is -0.174. The topological polar surface area (TPSA) is 47.6 Å². The maximum Gasteiger partial charge on any atom is 0.411 e. The third-order valence-corrected chi connectivity index (χ3v) is 2.59. The van der Waals surface area contributed by atoms with Crippen LogP contribution in [0.25, 0.3) is 0 Å². The van der Waals surface area contributed by atoms with Gasteiger partial charge in [-0.3, -0.25) is 4.79 Å². The Morgan fingerprint density at radius 2 is 2.11 bits per heavy atom. The van der Waals surface area contributed by atoms with Crippen LogP contribution in [0.1, 0.15) is 12.8 Å². The molecule has 4 nitrogen and oxygen atoms in total. The fourth-order valence-corrected chi connectivity index (χ4v) is 1.57. The minimum atomic E-state index is -4.35. The molecule has 0 aromatic heterocycles. The Morgan fingerprint density at radius 3 is 2.67 bits per heavy atom. The van der Waals surface area contributed by atoms with Crippen LogP contribution in [0.4, 0.5) is 13.2 Å². The molecule has 0 aromatic rings. The third-order valence-electron chi connectivity index (χ3n) is 1.87. The van der Waals surface area contributed by atoms with Crippen LogP contribution in [-0.2, 0) is 14.3 Å². The summed E-state index contributed by atoms with van der Waals surface area (Å²) in [6.45, 7) is -0.583. The van der Waals surface area contributed by atoms with E-state index in [0.29, 0.717) is 19.6 Å². The Hall–Kier alpha value is -0.340. The molecule has 0 aliphatic carbocycles. The summed E-state index contributed by atoms with van der Waals surface area (Å²) >= 11 is 3.35. The second-order valence-corrected chi connectivity index (χ2v) is 4.90. The molecule has 0 bridgehead atoms. The second kappa shape index (κ2) is 9.57. The first-order valence-corrected chi connectivity index (χ1v) is 6.31. The molecule has 18 heavy (non-hydrogen) atoms. The maximum atomic E-state index is 11.7. The molecule has 0 fully saturated rings. The highest BCUT2D eigenvalue weighted by molar-refractivity contribution is 9.09. The number of carbonyl (C=O) groups is 1. The zero-order chi connectivity index (χ0) is 14.0. The molecule has 1 atom stereocenters. The summed E-state index contributed by atoms with van der Waals surface area (Å²) < 4.78 is 44.3. The predicted octanol–water partition coefficient (Wildman–Crippen LogP) is 1.87. The summed E-state index contributed by atoms with van der Waals surface area (Å²) in [4.78, 5) is 11.3. The predicted molar refractivity (Wildman–Crippen MR) is 63.7 cm³/mol. The van der Waals surface area contributed by atoms with Crippen molar-refractivity contribution in [3.63, 3.8) is 0 Å². The van der Waals surface area contributed by atoms with E-state index in [0.717, 1.165) is 0 Å². The van der Waals surface area contributed by atoms with Gasteiger partial charge < -0.3 is 14.8 Å². The van der Waals surface area contributed by atoms with E-state index in [1.54, 1.807) is 7.11 Å². The van der Waals surface area contributed by atoms with Gasteiger partial charge in [0.25, 0.3) is 0 Å². The van der Waals surface area contributed by atoms with Gasteiger partial charge in [-0.25, -0.2) is 0 Å². The number of ether oxygens (including phenoxy) is 2. The summed E-state index contributed by atoms with van der Waals surface area (Å²) in [5.74, 6) is -0.325. The Bertz CT molecular complexity index is 239. The third kappa shape index (κ3) is 12.1. The highest BCUT2D eigenvalue weighted by Gasteiger charge is 2.27. The second-order valence-electron chi connectivity index (χ2n) is 3.61. The van der Waals surface area contributed by atoms with Crippen molar-refractivity contribution in [3.8, 4) is 0 Å². The average Bonchev–Trinajstić information content (AvgIpc) is 2.23. The Labute approximate surface area is 112 Å². The maximum absolute atomic E-state index is 11.7. The van der Waals surface area contributed by atoms with Gasteiger partial charge >= 0.3 is 6.18 Å². The lowest BCUT2D eigenvalue weighted by Gasteiger charge is -2.10. The number of hydrogen-bond donors (Lipinski definition) is 1. The van der Waals surface area contributed by atoms with E-state index in [1.165, 1.54) is 0 Å².